The minimum Gasteiger partial charge on any atom is -0.411 e. The number of nitrogens with zero attached hydrogens (tertiary/aromatic N) is 2. The van der Waals surface area contributed by atoms with Gasteiger partial charge in [0.25, 0.3) is 0 Å². The van der Waals surface area contributed by atoms with E-state index >= 15 is 0 Å². The number of rotatable bonds is 24. The average molecular weight is 634 g/mol. The van der Waals surface area contributed by atoms with Gasteiger partial charge in [-0.15, -0.1) is 0 Å². The Balaban J connectivity index is -0.000000537. The number of hydrogen-bond acceptors (Lipinski definition) is 13. The van der Waals surface area contributed by atoms with Crippen LogP contribution < -0.4 is 61.0 Å². The lowest BCUT2D eigenvalue weighted by molar-refractivity contribution is -0.652. The van der Waals surface area contributed by atoms with Crippen LogP contribution >= 0.6 is 24.4 Å². The van der Waals surface area contributed by atoms with Crippen molar-refractivity contribution in [3.63, 3.8) is 0 Å². The van der Waals surface area contributed by atoms with E-state index in [0.717, 1.165) is 91.6 Å². The van der Waals surface area contributed by atoms with Crippen LogP contribution in [0.4, 0.5) is 0 Å². The summed E-state index contributed by atoms with van der Waals surface area (Å²) in [6, 6.07) is 0. The van der Waals surface area contributed by atoms with E-state index in [-0.39, 0.29) is 0 Å². The minimum absolute atomic E-state index is 0.514. The Bertz CT molecular complexity index is 495. The van der Waals surface area contributed by atoms with Crippen molar-refractivity contribution < 1.29 is 10.6 Å². The molecule has 236 valence electrons. The summed E-state index contributed by atoms with van der Waals surface area (Å²) in [5, 5.41) is 13.9. The summed E-state index contributed by atoms with van der Waals surface area (Å²) in [7, 11) is 0. The summed E-state index contributed by atoms with van der Waals surface area (Å²) in [6.07, 6.45) is 0. The molecule has 0 saturated carbocycles. The normalized spacial score (nSPS) is 10.2. The van der Waals surface area contributed by atoms with Gasteiger partial charge in [-0.05, 0) is 0 Å². The molecule has 0 atom stereocenters. The fourth-order valence-electron chi connectivity index (χ4n) is 2.85. The lowest BCUT2D eigenvalue weighted by Crippen LogP contribution is -2.87. The fraction of sp³-hybridized carbons (Fsp3) is 0.909. The van der Waals surface area contributed by atoms with E-state index in [4.69, 9.17) is 84.1 Å². The number of hydrogen-bond donors (Lipinski definition) is 11. The molecular weight excluding hydrogens is 575 g/mol. The second-order valence-corrected chi connectivity index (χ2v) is 10.3. The van der Waals surface area contributed by atoms with E-state index in [9.17, 15) is 0 Å². The van der Waals surface area contributed by atoms with Gasteiger partial charge in [0.15, 0.2) is 0 Å². The molecule has 0 aliphatic carbocycles. The van der Waals surface area contributed by atoms with E-state index in [0.29, 0.717) is 47.9 Å². The molecular formula is C22H59N13S4. The zero-order valence-electron chi connectivity index (χ0n) is 23.8. The van der Waals surface area contributed by atoms with Crippen LogP contribution in [0.1, 0.15) is 0 Å². The van der Waals surface area contributed by atoms with Gasteiger partial charge >= 0.3 is 0 Å². The highest BCUT2D eigenvalue weighted by Gasteiger charge is 2.02. The van der Waals surface area contributed by atoms with Gasteiger partial charge in [-0.1, -0.05) is 8.64 Å². The average Bonchev–Trinajstić information content (AvgIpc) is 2.92. The van der Waals surface area contributed by atoms with Crippen LogP contribution in [-0.2, 0) is 25.3 Å². The maximum absolute atomic E-state index is 5.47. The quantitative estimate of drug-likeness (QED) is 0.0269. The molecule has 0 amide bonds. The van der Waals surface area contributed by atoms with Crippen LogP contribution in [0.25, 0.3) is 0 Å². The van der Waals surface area contributed by atoms with Crippen molar-refractivity contribution in [2.24, 2.45) is 34.4 Å². The predicted molar refractivity (Wildman–Crippen MR) is 179 cm³/mol. The largest absolute Gasteiger partial charge is 0.411 e. The third-order valence-electron chi connectivity index (χ3n) is 4.86. The van der Waals surface area contributed by atoms with Crippen LogP contribution in [0.5, 0.6) is 0 Å². The van der Waals surface area contributed by atoms with Crippen molar-refractivity contribution in [3.05, 3.63) is 0 Å². The molecule has 0 radical (unpaired) electrons. The first-order valence-corrected chi connectivity index (χ1v) is 15.4. The highest BCUT2D eigenvalue weighted by atomic mass is 32.1. The topological polar surface area (TPSA) is 232 Å². The van der Waals surface area contributed by atoms with Crippen LogP contribution in [0, 0.1) is 0 Å². The van der Waals surface area contributed by atoms with Gasteiger partial charge in [-0.25, -0.2) is 0 Å². The molecule has 0 aromatic rings. The van der Waals surface area contributed by atoms with Crippen molar-refractivity contribution in [1.29, 1.82) is 0 Å². The second-order valence-electron chi connectivity index (χ2n) is 8.22. The third-order valence-corrected chi connectivity index (χ3v) is 5.89. The van der Waals surface area contributed by atoms with Crippen molar-refractivity contribution in [2.75, 3.05) is 131 Å². The first kappa shape index (κ1) is 43.2. The van der Waals surface area contributed by atoms with Gasteiger partial charge < -0.3 is 120 Å². The molecule has 39 heavy (non-hydrogen) atoms. The Morgan fingerprint density at radius 3 is 1.31 bits per heavy atom. The van der Waals surface area contributed by atoms with Gasteiger partial charge in [0.2, 0.25) is 0 Å². The Morgan fingerprint density at radius 1 is 0.487 bits per heavy atom. The lowest BCUT2D eigenvalue weighted by atomic mass is 10.4. The second kappa shape index (κ2) is 37.8. The van der Waals surface area contributed by atoms with Crippen LogP contribution in [0.15, 0.2) is 0 Å². The van der Waals surface area contributed by atoms with Gasteiger partial charge in [0.05, 0.1) is 39.3 Å². The summed E-state index contributed by atoms with van der Waals surface area (Å²) in [5.74, 6) is 0. The summed E-state index contributed by atoms with van der Waals surface area (Å²) in [5.41, 5.74) is 31.9. The molecule has 0 spiro atoms. The SMILES string of the molecule is NCCNCCN.NCCNCCN(CC[NH2+]CCN)C(=S)[S-].NCCNCC[NH2+]CCN(CCN)C(=S)[S-]. The number of thiocarbonyl (C=S) groups is 2. The van der Waals surface area contributed by atoms with Gasteiger partial charge in [0, 0.05) is 91.6 Å². The van der Waals surface area contributed by atoms with E-state index in [1.165, 1.54) is 0 Å². The molecule has 0 heterocycles. The maximum atomic E-state index is 5.47. The zero-order chi connectivity index (χ0) is 30.0. The van der Waals surface area contributed by atoms with Crippen LogP contribution in [0.3, 0.4) is 0 Å². The Morgan fingerprint density at radius 2 is 0.897 bits per heavy atom. The minimum atomic E-state index is 0.514. The first-order chi connectivity index (χ1) is 18.9. The summed E-state index contributed by atoms with van der Waals surface area (Å²) >= 11 is 20.0. The smallest absolute Gasteiger partial charge is 0.0933 e. The molecule has 0 aromatic heterocycles. The standard InChI is InChI=1S/2C9H23N5S2.C4H13N3/c10-1-3-12-4-5-13-6-8-14(7-2-11)9(15)16;10-1-3-12-5-7-14(9(15)16)8-6-13-4-2-11;5-1-3-7-4-2-6/h2*12-13H,1-8,10-11H2,(H,15,16);7H,1-6H2. The Hall–Kier alpha value is -0.220. The zero-order valence-corrected chi connectivity index (χ0v) is 27.1. The highest BCUT2D eigenvalue weighted by Crippen LogP contribution is 1.88. The van der Waals surface area contributed by atoms with Crippen molar-refractivity contribution >= 4 is 58.3 Å². The molecule has 0 bridgehead atoms. The van der Waals surface area contributed by atoms with Crippen molar-refractivity contribution in [2.45, 2.75) is 0 Å². The summed E-state index contributed by atoms with van der Waals surface area (Å²) in [4.78, 5) is 4.00. The monoisotopic (exact) mass is 633 g/mol. The van der Waals surface area contributed by atoms with E-state index in [1.54, 1.807) is 0 Å². The molecule has 0 aromatic carbocycles. The number of nitrogens with two attached hydrogens (primary N) is 8. The number of nitrogens with one attached hydrogen (secondary N) is 3. The first-order valence-electron chi connectivity index (χ1n) is 13.7. The molecule has 0 unspecified atom stereocenters. The molecule has 0 fully saturated rings. The van der Waals surface area contributed by atoms with Crippen molar-refractivity contribution in [1.82, 2.24) is 25.8 Å². The van der Waals surface area contributed by atoms with Crippen LogP contribution in [-0.4, -0.2) is 149 Å². The molecule has 0 saturated heterocycles. The summed E-state index contributed by atoms with van der Waals surface area (Å²) < 4.78 is 1.05. The van der Waals surface area contributed by atoms with E-state index in [1.807, 2.05) is 9.80 Å². The Labute approximate surface area is 259 Å². The van der Waals surface area contributed by atoms with Crippen molar-refractivity contribution in [3.8, 4) is 0 Å². The fourth-order valence-corrected chi connectivity index (χ4v) is 3.58. The molecule has 19 N–H and O–H groups in total. The van der Waals surface area contributed by atoms with E-state index in [2.05, 4.69) is 26.6 Å². The van der Waals surface area contributed by atoms with Crippen LogP contribution in [0.2, 0.25) is 0 Å². The molecule has 0 aliphatic heterocycles. The van der Waals surface area contributed by atoms with Gasteiger partial charge in [0.1, 0.15) is 0 Å². The predicted octanol–water partition coefficient (Wildman–Crippen LogP) is -7.13. The molecule has 0 rings (SSSR count). The van der Waals surface area contributed by atoms with Gasteiger partial charge in [-0.3, -0.25) is 0 Å². The molecule has 17 heteroatoms. The Kier molecular flexibility index (Phi) is 41.9. The van der Waals surface area contributed by atoms with Gasteiger partial charge in [-0.2, -0.15) is 0 Å². The van der Waals surface area contributed by atoms with E-state index < -0.39 is 0 Å². The molecule has 0 aliphatic rings. The maximum Gasteiger partial charge on any atom is 0.0933 e. The third kappa shape index (κ3) is 37.8. The molecule has 13 nitrogen and oxygen atoms in total. The highest BCUT2D eigenvalue weighted by molar-refractivity contribution is 8.00. The lowest BCUT2D eigenvalue weighted by Gasteiger charge is -2.27. The summed E-state index contributed by atoms with van der Waals surface area (Å²) in [6.45, 7) is 16.6. The number of quaternary nitrogens is 2.